The van der Waals surface area contributed by atoms with Crippen molar-refractivity contribution in [1.29, 1.82) is 5.26 Å². The van der Waals surface area contributed by atoms with Crippen molar-refractivity contribution in [2.75, 3.05) is 0 Å². The Kier molecular flexibility index (Phi) is 2.97. The van der Waals surface area contributed by atoms with Crippen LogP contribution < -0.4 is 4.74 Å². The van der Waals surface area contributed by atoms with E-state index in [1.165, 1.54) is 12.1 Å². The Balaban J connectivity index is 2.28. The van der Waals surface area contributed by atoms with Gasteiger partial charge in [0.15, 0.2) is 11.6 Å². The number of hydrogen-bond acceptors (Lipinski definition) is 3. The van der Waals surface area contributed by atoms with E-state index in [4.69, 9.17) is 10.00 Å². The van der Waals surface area contributed by atoms with Crippen molar-refractivity contribution in [3.8, 4) is 17.7 Å². The van der Waals surface area contributed by atoms with Crippen molar-refractivity contribution in [3.63, 3.8) is 0 Å². The van der Waals surface area contributed by atoms with Gasteiger partial charge in [0.25, 0.3) is 0 Å². The van der Waals surface area contributed by atoms with Gasteiger partial charge in [0.1, 0.15) is 17.6 Å². The molecule has 0 spiro atoms. The molecule has 0 saturated heterocycles. The van der Waals surface area contributed by atoms with Crippen LogP contribution in [-0.2, 0) is 0 Å². The lowest BCUT2D eigenvalue weighted by molar-refractivity contribution is 0.423. The molecule has 0 fully saturated rings. The Hall–Kier alpha value is -2.48. The topological polar surface area (TPSA) is 45.9 Å². The van der Waals surface area contributed by atoms with Crippen molar-refractivity contribution in [1.82, 2.24) is 4.98 Å². The van der Waals surface area contributed by atoms with E-state index in [0.717, 1.165) is 12.1 Å². The van der Waals surface area contributed by atoms with Crippen molar-refractivity contribution in [3.05, 3.63) is 53.7 Å². The molecule has 2 aromatic rings. The number of hydrogen-bond donors (Lipinski definition) is 0. The summed E-state index contributed by atoms with van der Waals surface area (Å²) in [4.78, 5) is 3.81. The second-order valence-corrected chi connectivity index (χ2v) is 3.15. The van der Waals surface area contributed by atoms with Crippen LogP contribution in [0.25, 0.3) is 0 Å². The third-order valence-corrected chi connectivity index (χ3v) is 1.95. The Labute approximate surface area is 95.9 Å². The molecule has 0 unspecified atom stereocenters. The summed E-state index contributed by atoms with van der Waals surface area (Å²) in [6.07, 6.45) is 0. The lowest BCUT2D eigenvalue weighted by atomic mass is 10.3. The summed E-state index contributed by atoms with van der Waals surface area (Å²) in [5.74, 6) is -1.58. The average molecular weight is 232 g/mol. The molecule has 17 heavy (non-hydrogen) atoms. The molecule has 0 bridgehead atoms. The molecule has 0 atom stereocenters. The van der Waals surface area contributed by atoms with Crippen LogP contribution in [0.15, 0.2) is 36.4 Å². The van der Waals surface area contributed by atoms with Gasteiger partial charge in [0.05, 0.1) is 0 Å². The maximum Gasteiger partial charge on any atom is 0.220 e. The van der Waals surface area contributed by atoms with Crippen LogP contribution in [0.2, 0.25) is 0 Å². The average Bonchev–Trinajstić information content (AvgIpc) is 2.33. The second-order valence-electron chi connectivity index (χ2n) is 3.15. The van der Waals surface area contributed by atoms with Gasteiger partial charge in [0.2, 0.25) is 5.88 Å². The maximum absolute atomic E-state index is 13.3. The fourth-order valence-electron chi connectivity index (χ4n) is 1.20. The van der Waals surface area contributed by atoms with Crippen molar-refractivity contribution in [2.45, 2.75) is 0 Å². The van der Waals surface area contributed by atoms with Crippen molar-refractivity contribution >= 4 is 0 Å². The first-order chi connectivity index (χ1) is 8.19. The molecule has 0 aliphatic rings. The Morgan fingerprint density at radius 3 is 2.71 bits per heavy atom. The predicted octanol–water partition coefficient (Wildman–Crippen LogP) is 3.02. The zero-order valence-electron chi connectivity index (χ0n) is 8.52. The van der Waals surface area contributed by atoms with Crippen LogP contribution in [0.4, 0.5) is 8.78 Å². The number of rotatable bonds is 2. The maximum atomic E-state index is 13.3. The standard InChI is InChI=1S/C12H6F2N2O/c13-8-4-5-11(10(14)6-8)17-12-3-1-2-9(7-15)16-12/h1-6H. The van der Waals surface area contributed by atoms with Gasteiger partial charge in [-0.3, -0.25) is 0 Å². The molecule has 5 heteroatoms. The molecule has 0 N–H and O–H groups in total. The van der Waals surface area contributed by atoms with E-state index in [1.807, 2.05) is 6.07 Å². The van der Waals surface area contributed by atoms with Crippen molar-refractivity contribution in [2.24, 2.45) is 0 Å². The van der Waals surface area contributed by atoms with Gasteiger partial charge in [-0.05, 0) is 18.2 Å². The highest BCUT2D eigenvalue weighted by atomic mass is 19.1. The second kappa shape index (κ2) is 4.58. The molecule has 1 aromatic carbocycles. The molecule has 0 aliphatic carbocycles. The highest BCUT2D eigenvalue weighted by Crippen LogP contribution is 2.23. The summed E-state index contributed by atoms with van der Waals surface area (Å²) in [5.41, 5.74) is 0.157. The minimum Gasteiger partial charge on any atom is -0.436 e. The molecule has 2 rings (SSSR count). The normalized spacial score (nSPS) is 9.71. The van der Waals surface area contributed by atoms with Crippen LogP contribution in [-0.4, -0.2) is 4.98 Å². The van der Waals surface area contributed by atoms with E-state index in [0.29, 0.717) is 6.07 Å². The number of nitrogens with zero attached hydrogens (tertiary/aromatic N) is 2. The smallest absolute Gasteiger partial charge is 0.220 e. The lowest BCUT2D eigenvalue weighted by Crippen LogP contribution is -1.92. The van der Waals surface area contributed by atoms with Gasteiger partial charge in [-0.1, -0.05) is 6.07 Å². The molecular weight excluding hydrogens is 226 g/mol. The molecule has 0 saturated carbocycles. The van der Waals surface area contributed by atoms with Crippen molar-refractivity contribution < 1.29 is 13.5 Å². The monoisotopic (exact) mass is 232 g/mol. The highest BCUT2D eigenvalue weighted by Gasteiger charge is 2.07. The first kappa shape index (κ1) is 11.0. The molecule has 0 aliphatic heterocycles. The van der Waals surface area contributed by atoms with E-state index in [2.05, 4.69) is 4.98 Å². The van der Waals surface area contributed by atoms with Gasteiger partial charge >= 0.3 is 0 Å². The summed E-state index contributed by atoms with van der Waals surface area (Å²) in [7, 11) is 0. The Morgan fingerprint density at radius 2 is 2.00 bits per heavy atom. The minimum atomic E-state index is -0.825. The molecule has 0 radical (unpaired) electrons. The number of nitriles is 1. The molecule has 1 heterocycles. The molecule has 84 valence electrons. The number of aromatic nitrogens is 1. The van der Waals surface area contributed by atoms with Gasteiger partial charge in [0, 0.05) is 12.1 Å². The molecule has 3 nitrogen and oxygen atoms in total. The van der Waals surface area contributed by atoms with Gasteiger partial charge in [-0.2, -0.15) is 5.26 Å². The third-order valence-electron chi connectivity index (χ3n) is 1.95. The first-order valence-electron chi connectivity index (χ1n) is 4.69. The fraction of sp³-hybridized carbons (Fsp3) is 0. The van der Waals surface area contributed by atoms with E-state index >= 15 is 0 Å². The van der Waals surface area contributed by atoms with E-state index in [-0.39, 0.29) is 17.3 Å². The number of pyridine rings is 1. The third kappa shape index (κ3) is 2.55. The fourth-order valence-corrected chi connectivity index (χ4v) is 1.20. The largest absolute Gasteiger partial charge is 0.436 e. The van der Waals surface area contributed by atoms with Gasteiger partial charge in [-0.15, -0.1) is 0 Å². The Morgan fingerprint density at radius 1 is 1.18 bits per heavy atom. The highest BCUT2D eigenvalue weighted by molar-refractivity contribution is 5.31. The van der Waals surface area contributed by atoms with E-state index < -0.39 is 11.6 Å². The molecule has 0 amide bonds. The summed E-state index contributed by atoms with van der Waals surface area (Å²) in [6, 6.07) is 9.31. The van der Waals surface area contributed by atoms with Crippen LogP contribution >= 0.6 is 0 Å². The van der Waals surface area contributed by atoms with Gasteiger partial charge in [-0.25, -0.2) is 13.8 Å². The predicted molar refractivity (Wildman–Crippen MR) is 55.4 cm³/mol. The van der Waals surface area contributed by atoms with Crippen LogP contribution in [0.1, 0.15) is 5.69 Å². The summed E-state index contributed by atoms with van der Waals surface area (Å²) in [5, 5.41) is 8.63. The minimum absolute atomic E-state index is 0.0783. The number of ether oxygens (including phenoxy) is 1. The first-order valence-corrected chi connectivity index (χ1v) is 4.69. The zero-order valence-corrected chi connectivity index (χ0v) is 8.52. The zero-order chi connectivity index (χ0) is 12.3. The number of halogens is 2. The van der Waals surface area contributed by atoms with Crippen LogP contribution in [0, 0.1) is 23.0 Å². The summed E-state index contributed by atoms with van der Waals surface area (Å²) in [6.45, 7) is 0. The van der Waals surface area contributed by atoms with E-state index in [1.54, 1.807) is 6.07 Å². The van der Waals surface area contributed by atoms with Crippen LogP contribution in [0.3, 0.4) is 0 Å². The summed E-state index contributed by atoms with van der Waals surface area (Å²) >= 11 is 0. The molecule has 1 aromatic heterocycles. The quantitative estimate of drug-likeness (QED) is 0.799. The summed E-state index contributed by atoms with van der Waals surface area (Å²) < 4.78 is 31.0. The van der Waals surface area contributed by atoms with Crippen LogP contribution in [0.5, 0.6) is 11.6 Å². The SMILES string of the molecule is N#Cc1cccc(Oc2ccc(F)cc2F)n1. The Bertz CT molecular complexity index is 593. The lowest BCUT2D eigenvalue weighted by Gasteiger charge is -2.05. The molecular formula is C12H6F2N2O. The van der Waals surface area contributed by atoms with E-state index in [9.17, 15) is 8.78 Å². The van der Waals surface area contributed by atoms with Gasteiger partial charge < -0.3 is 4.74 Å². The number of benzene rings is 1.